The average molecular weight is 214 g/mol. The third-order valence-electron chi connectivity index (χ3n) is 1.65. The third kappa shape index (κ3) is 3.07. The molecule has 1 N–H and O–H groups in total. The van der Waals surface area contributed by atoms with Gasteiger partial charge in [-0.15, -0.1) is 0 Å². The Morgan fingerprint density at radius 3 is 2.50 bits per heavy atom. The quantitative estimate of drug-likeness (QED) is 0.778. The average Bonchev–Trinajstić information content (AvgIpc) is 2.16. The molecule has 0 saturated carbocycles. The summed E-state index contributed by atoms with van der Waals surface area (Å²) in [5.74, 6) is 0. The Morgan fingerprint density at radius 1 is 1.43 bits per heavy atom. The van der Waals surface area contributed by atoms with Gasteiger partial charge in [0.1, 0.15) is 0 Å². The van der Waals surface area contributed by atoms with Gasteiger partial charge >= 0.3 is 7.60 Å². The van der Waals surface area contributed by atoms with E-state index in [0.29, 0.717) is 0 Å². The lowest BCUT2D eigenvalue weighted by Gasteiger charge is -2.08. The molecule has 0 aliphatic carbocycles. The second-order valence-corrected chi connectivity index (χ2v) is 4.73. The molecule has 76 valence electrons. The van der Waals surface area contributed by atoms with Crippen molar-refractivity contribution in [2.24, 2.45) is 0 Å². The van der Waals surface area contributed by atoms with E-state index in [4.69, 9.17) is 4.89 Å². The number of hydrogen-bond donors (Lipinski definition) is 1. The van der Waals surface area contributed by atoms with Gasteiger partial charge in [-0.05, 0) is 5.56 Å². The number of hydrogen-bond acceptors (Lipinski definition) is 3. The van der Waals surface area contributed by atoms with Crippen LogP contribution >= 0.6 is 7.60 Å². The number of carbonyl (C=O) groups excluding carboxylic acids is 1. The third-order valence-corrected chi connectivity index (χ3v) is 2.92. The minimum atomic E-state index is -4.07. The molecule has 1 atom stereocenters. The van der Waals surface area contributed by atoms with Crippen LogP contribution in [0.15, 0.2) is 30.3 Å². The first-order valence-corrected chi connectivity index (χ1v) is 5.62. The van der Waals surface area contributed by atoms with Crippen LogP contribution in [-0.2, 0) is 20.5 Å². The highest BCUT2D eigenvalue weighted by atomic mass is 31.2. The van der Waals surface area contributed by atoms with Crippen LogP contribution in [-0.4, -0.2) is 10.4 Å². The Kier molecular flexibility index (Phi) is 3.58. The summed E-state index contributed by atoms with van der Waals surface area (Å²) < 4.78 is 15.7. The molecule has 1 unspecified atom stereocenters. The van der Waals surface area contributed by atoms with Crippen LogP contribution in [0.3, 0.4) is 0 Å². The van der Waals surface area contributed by atoms with Crippen LogP contribution in [0.5, 0.6) is 0 Å². The number of benzene rings is 1. The van der Waals surface area contributed by atoms with Crippen LogP contribution in [0.25, 0.3) is 0 Å². The van der Waals surface area contributed by atoms with Crippen LogP contribution < -0.4 is 0 Å². The van der Waals surface area contributed by atoms with Crippen molar-refractivity contribution in [2.45, 2.75) is 13.5 Å². The van der Waals surface area contributed by atoms with Crippen molar-refractivity contribution in [1.82, 2.24) is 0 Å². The topological polar surface area (TPSA) is 63.6 Å². The number of rotatable bonds is 4. The van der Waals surface area contributed by atoms with E-state index in [0.717, 1.165) is 12.5 Å². The van der Waals surface area contributed by atoms with E-state index in [1.807, 2.05) is 6.07 Å². The van der Waals surface area contributed by atoms with Gasteiger partial charge in [0.05, 0.1) is 6.61 Å². The van der Waals surface area contributed by atoms with Crippen molar-refractivity contribution in [3.05, 3.63) is 35.9 Å². The van der Waals surface area contributed by atoms with Crippen molar-refractivity contribution < 1.29 is 18.8 Å². The summed E-state index contributed by atoms with van der Waals surface area (Å²) in [6.07, 6.45) is 0. The Bertz CT molecular complexity index is 360. The minimum absolute atomic E-state index is 0.0335. The highest BCUT2D eigenvalue weighted by molar-refractivity contribution is 7.70. The maximum atomic E-state index is 11.1. The fraction of sp³-hybridized carbons (Fsp3) is 0.222. The summed E-state index contributed by atoms with van der Waals surface area (Å²) in [5, 5.41) is 0. The molecular weight excluding hydrogens is 203 g/mol. The van der Waals surface area contributed by atoms with Gasteiger partial charge in [0.2, 0.25) is 5.52 Å². The van der Waals surface area contributed by atoms with E-state index in [2.05, 4.69) is 4.52 Å². The lowest BCUT2D eigenvalue weighted by molar-refractivity contribution is -0.111. The fourth-order valence-corrected chi connectivity index (χ4v) is 1.33. The van der Waals surface area contributed by atoms with E-state index in [1.165, 1.54) is 0 Å². The molecule has 0 aliphatic rings. The molecule has 5 heteroatoms. The molecule has 14 heavy (non-hydrogen) atoms. The molecule has 4 nitrogen and oxygen atoms in total. The molecule has 1 rings (SSSR count). The Hall–Kier alpha value is -0.960. The van der Waals surface area contributed by atoms with Gasteiger partial charge in [0.15, 0.2) is 0 Å². The molecule has 0 bridgehead atoms. The SMILES string of the molecule is CC(=O)P(=O)(O)OCc1ccccc1. The second-order valence-electron chi connectivity index (χ2n) is 2.80. The van der Waals surface area contributed by atoms with E-state index in [9.17, 15) is 9.36 Å². The summed E-state index contributed by atoms with van der Waals surface area (Å²) in [6, 6.07) is 8.90. The summed E-state index contributed by atoms with van der Waals surface area (Å²) >= 11 is 0. The molecule has 0 heterocycles. The summed E-state index contributed by atoms with van der Waals surface area (Å²) in [7, 11) is -4.07. The van der Waals surface area contributed by atoms with Gasteiger partial charge in [0.25, 0.3) is 0 Å². The molecule has 1 aromatic carbocycles. The van der Waals surface area contributed by atoms with Crippen LogP contribution in [0, 0.1) is 0 Å². The zero-order valence-corrected chi connectivity index (χ0v) is 8.61. The molecule has 0 aromatic heterocycles. The van der Waals surface area contributed by atoms with E-state index >= 15 is 0 Å². The van der Waals surface area contributed by atoms with Gasteiger partial charge in [-0.3, -0.25) is 13.9 Å². The number of carbonyl (C=O) groups is 1. The summed E-state index contributed by atoms with van der Waals surface area (Å²) in [5.41, 5.74) is -0.0866. The first-order chi connectivity index (χ1) is 6.52. The van der Waals surface area contributed by atoms with Crippen LogP contribution in [0.2, 0.25) is 0 Å². The molecular formula is C9H11O4P. The zero-order valence-electron chi connectivity index (χ0n) is 7.71. The van der Waals surface area contributed by atoms with Crippen LogP contribution in [0.1, 0.15) is 12.5 Å². The van der Waals surface area contributed by atoms with Crippen molar-refractivity contribution >= 4 is 13.1 Å². The second kappa shape index (κ2) is 4.51. The maximum Gasteiger partial charge on any atom is 0.394 e. The van der Waals surface area contributed by atoms with Gasteiger partial charge in [-0.25, -0.2) is 0 Å². The molecule has 0 spiro atoms. The monoisotopic (exact) mass is 214 g/mol. The van der Waals surface area contributed by atoms with Gasteiger partial charge in [-0.2, -0.15) is 0 Å². The largest absolute Gasteiger partial charge is 0.394 e. The Balaban J connectivity index is 2.58. The maximum absolute atomic E-state index is 11.1. The first-order valence-electron chi connectivity index (χ1n) is 4.05. The summed E-state index contributed by atoms with van der Waals surface area (Å²) in [6.45, 7) is 1.000. The normalized spacial score (nSPS) is 14.7. The van der Waals surface area contributed by atoms with E-state index < -0.39 is 13.1 Å². The van der Waals surface area contributed by atoms with Crippen molar-refractivity contribution in [2.75, 3.05) is 0 Å². The molecule has 0 fully saturated rings. The summed E-state index contributed by atoms with van der Waals surface area (Å²) in [4.78, 5) is 19.7. The van der Waals surface area contributed by atoms with E-state index in [1.54, 1.807) is 24.3 Å². The Labute approximate surface area is 82.1 Å². The van der Waals surface area contributed by atoms with Gasteiger partial charge < -0.3 is 4.89 Å². The first kappa shape index (κ1) is 11.1. The van der Waals surface area contributed by atoms with Crippen LogP contribution in [0.4, 0.5) is 0 Å². The fourth-order valence-electron chi connectivity index (χ4n) is 0.827. The predicted octanol–water partition coefficient (Wildman–Crippen LogP) is 1.94. The lowest BCUT2D eigenvalue weighted by atomic mass is 10.2. The molecule has 0 amide bonds. The smallest absolute Gasteiger partial charge is 0.319 e. The molecule has 0 saturated heterocycles. The lowest BCUT2D eigenvalue weighted by Crippen LogP contribution is -1.98. The standard InChI is InChI=1S/C9H11O4P/c1-8(10)14(11,12)13-7-9-5-3-2-4-6-9/h2-6H,7H2,1H3,(H,11,12). The van der Waals surface area contributed by atoms with Crippen molar-refractivity contribution in [3.8, 4) is 0 Å². The van der Waals surface area contributed by atoms with E-state index in [-0.39, 0.29) is 6.61 Å². The van der Waals surface area contributed by atoms with Crippen molar-refractivity contribution in [1.29, 1.82) is 0 Å². The predicted molar refractivity (Wildman–Crippen MR) is 51.7 cm³/mol. The van der Waals surface area contributed by atoms with Crippen molar-refractivity contribution in [3.63, 3.8) is 0 Å². The Morgan fingerprint density at radius 2 is 2.00 bits per heavy atom. The zero-order chi connectivity index (χ0) is 10.6. The molecule has 0 radical (unpaired) electrons. The van der Waals surface area contributed by atoms with Gasteiger partial charge in [0, 0.05) is 6.92 Å². The highest BCUT2D eigenvalue weighted by Crippen LogP contribution is 2.43. The molecule has 0 aliphatic heterocycles. The van der Waals surface area contributed by atoms with Gasteiger partial charge in [-0.1, -0.05) is 30.3 Å². The highest BCUT2D eigenvalue weighted by Gasteiger charge is 2.25. The molecule has 1 aromatic rings. The minimum Gasteiger partial charge on any atom is -0.319 e.